The molecule has 0 amide bonds. The van der Waals surface area contributed by atoms with Gasteiger partial charge in [0, 0.05) is 6.08 Å². The zero-order valence-electron chi connectivity index (χ0n) is 6.39. The van der Waals surface area contributed by atoms with Crippen LogP contribution in [0, 0.1) is 0 Å². The Kier molecular flexibility index (Phi) is 1.43. The van der Waals surface area contributed by atoms with Crippen molar-refractivity contribution in [3.05, 3.63) is 12.2 Å². The van der Waals surface area contributed by atoms with Crippen molar-refractivity contribution in [1.29, 1.82) is 0 Å². The van der Waals surface area contributed by atoms with Gasteiger partial charge in [0.1, 0.15) is 0 Å². The average molecular weight is 124 g/mol. The molecule has 0 saturated heterocycles. The summed E-state index contributed by atoms with van der Waals surface area (Å²) in [6, 6.07) is 0. The van der Waals surface area contributed by atoms with Crippen molar-refractivity contribution >= 4 is 6.21 Å². The maximum absolute atomic E-state index is 2.31. The fourth-order valence-corrected chi connectivity index (χ4v) is 0.897. The van der Waals surface area contributed by atoms with Crippen molar-refractivity contribution in [2.75, 3.05) is 6.54 Å². The third-order valence-electron chi connectivity index (χ3n) is 1.57. The van der Waals surface area contributed by atoms with Crippen LogP contribution in [0.5, 0.6) is 0 Å². The fraction of sp³-hybridized carbons (Fsp3) is 0.625. The van der Waals surface area contributed by atoms with Gasteiger partial charge in [-0.25, -0.2) is 4.58 Å². The monoisotopic (exact) mass is 124 g/mol. The SMILES string of the molecule is CC(C)(C)[N+]1=CC=CC1. The number of hydrogen-bond acceptors (Lipinski definition) is 0. The van der Waals surface area contributed by atoms with Gasteiger partial charge in [0.05, 0.1) is 0 Å². The summed E-state index contributed by atoms with van der Waals surface area (Å²) >= 11 is 0. The molecule has 0 radical (unpaired) electrons. The van der Waals surface area contributed by atoms with Gasteiger partial charge in [-0.05, 0) is 26.8 Å². The Bertz CT molecular complexity index is 158. The van der Waals surface area contributed by atoms with Crippen LogP contribution in [0.15, 0.2) is 12.2 Å². The second-order valence-corrected chi connectivity index (χ2v) is 3.40. The topological polar surface area (TPSA) is 3.01 Å². The Balaban J connectivity index is 2.66. The van der Waals surface area contributed by atoms with E-state index in [4.69, 9.17) is 0 Å². The van der Waals surface area contributed by atoms with Gasteiger partial charge in [0.2, 0.25) is 0 Å². The largest absolute Gasteiger partial charge is 0.228 e. The summed E-state index contributed by atoms with van der Waals surface area (Å²) in [6.07, 6.45) is 6.41. The fourth-order valence-electron chi connectivity index (χ4n) is 0.897. The highest BCUT2D eigenvalue weighted by Gasteiger charge is 2.23. The van der Waals surface area contributed by atoms with E-state index in [1.165, 1.54) is 0 Å². The van der Waals surface area contributed by atoms with Crippen LogP contribution >= 0.6 is 0 Å². The molecule has 1 rings (SSSR count). The summed E-state index contributed by atoms with van der Waals surface area (Å²) in [4.78, 5) is 0. The zero-order chi connectivity index (χ0) is 6.91. The van der Waals surface area contributed by atoms with Crippen LogP contribution < -0.4 is 0 Å². The summed E-state index contributed by atoms with van der Waals surface area (Å²) in [5.74, 6) is 0. The Hall–Kier alpha value is -0.590. The molecule has 1 aliphatic rings. The Labute approximate surface area is 56.7 Å². The maximum atomic E-state index is 2.31. The first-order valence-corrected chi connectivity index (χ1v) is 3.37. The first-order chi connectivity index (χ1) is 4.11. The summed E-state index contributed by atoms with van der Waals surface area (Å²) in [6.45, 7) is 7.73. The van der Waals surface area contributed by atoms with Crippen LogP contribution in [-0.4, -0.2) is 22.9 Å². The molecule has 1 aliphatic heterocycles. The summed E-state index contributed by atoms with van der Waals surface area (Å²) < 4.78 is 2.31. The molecule has 9 heavy (non-hydrogen) atoms. The van der Waals surface area contributed by atoms with Crippen LogP contribution in [0.4, 0.5) is 0 Å². The third-order valence-corrected chi connectivity index (χ3v) is 1.57. The van der Waals surface area contributed by atoms with Crippen LogP contribution in [0.25, 0.3) is 0 Å². The lowest BCUT2D eigenvalue weighted by atomic mass is 10.1. The molecule has 0 spiro atoms. The number of nitrogens with zero attached hydrogens (tertiary/aromatic N) is 1. The quantitative estimate of drug-likeness (QED) is 0.430. The number of hydrogen-bond donors (Lipinski definition) is 0. The van der Waals surface area contributed by atoms with Crippen molar-refractivity contribution in [2.45, 2.75) is 26.3 Å². The lowest BCUT2D eigenvalue weighted by Gasteiger charge is -2.13. The Morgan fingerprint density at radius 1 is 1.33 bits per heavy atom. The van der Waals surface area contributed by atoms with Crippen molar-refractivity contribution in [2.24, 2.45) is 0 Å². The molecule has 0 aromatic carbocycles. The summed E-state index contributed by atoms with van der Waals surface area (Å²) in [5.41, 5.74) is 0.295. The van der Waals surface area contributed by atoms with Crippen LogP contribution in [0.3, 0.4) is 0 Å². The molecule has 0 saturated carbocycles. The van der Waals surface area contributed by atoms with Gasteiger partial charge in [-0.2, -0.15) is 0 Å². The predicted octanol–water partition coefficient (Wildman–Crippen LogP) is 1.44. The van der Waals surface area contributed by atoms with Gasteiger partial charge in [-0.3, -0.25) is 0 Å². The van der Waals surface area contributed by atoms with Gasteiger partial charge in [0.25, 0.3) is 0 Å². The maximum Gasteiger partial charge on any atom is 0.163 e. The van der Waals surface area contributed by atoms with Gasteiger partial charge >= 0.3 is 0 Å². The highest BCUT2D eigenvalue weighted by molar-refractivity contribution is 5.67. The van der Waals surface area contributed by atoms with Gasteiger partial charge in [-0.15, -0.1) is 0 Å². The molecule has 0 bridgehead atoms. The van der Waals surface area contributed by atoms with Crippen molar-refractivity contribution < 1.29 is 4.58 Å². The van der Waals surface area contributed by atoms with E-state index in [0.717, 1.165) is 6.54 Å². The molecule has 0 unspecified atom stereocenters. The minimum Gasteiger partial charge on any atom is -0.228 e. The minimum absolute atomic E-state index is 0.295. The molecule has 0 aliphatic carbocycles. The smallest absolute Gasteiger partial charge is 0.163 e. The standard InChI is InChI=1S/C8H14N/c1-8(2,3)9-6-4-5-7-9/h4-6H,7H2,1-3H3/q+1. The highest BCUT2D eigenvalue weighted by atomic mass is 15.1. The van der Waals surface area contributed by atoms with E-state index >= 15 is 0 Å². The molecular weight excluding hydrogens is 110 g/mol. The summed E-state index contributed by atoms with van der Waals surface area (Å²) in [7, 11) is 0. The zero-order valence-corrected chi connectivity index (χ0v) is 6.39. The van der Waals surface area contributed by atoms with Crippen LogP contribution in [-0.2, 0) is 0 Å². The molecule has 0 aromatic rings. The molecule has 50 valence electrons. The normalized spacial score (nSPS) is 18.3. The van der Waals surface area contributed by atoms with E-state index in [-0.39, 0.29) is 0 Å². The first kappa shape index (κ1) is 6.53. The first-order valence-electron chi connectivity index (χ1n) is 3.37. The van der Waals surface area contributed by atoms with Crippen molar-refractivity contribution in [3.63, 3.8) is 0 Å². The van der Waals surface area contributed by atoms with Crippen molar-refractivity contribution in [1.82, 2.24) is 0 Å². The van der Waals surface area contributed by atoms with Crippen LogP contribution in [0.2, 0.25) is 0 Å². The third kappa shape index (κ3) is 1.41. The second-order valence-electron chi connectivity index (χ2n) is 3.40. The van der Waals surface area contributed by atoms with E-state index in [9.17, 15) is 0 Å². The molecule has 0 N–H and O–H groups in total. The molecule has 1 heteroatoms. The lowest BCUT2D eigenvalue weighted by Crippen LogP contribution is -2.31. The van der Waals surface area contributed by atoms with E-state index in [2.05, 4.69) is 43.7 Å². The molecule has 0 atom stereocenters. The van der Waals surface area contributed by atoms with Gasteiger partial charge in [-0.1, -0.05) is 0 Å². The van der Waals surface area contributed by atoms with Crippen molar-refractivity contribution in [3.8, 4) is 0 Å². The average Bonchev–Trinajstić information content (AvgIpc) is 2.08. The molecule has 1 nitrogen and oxygen atoms in total. The Morgan fingerprint density at radius 2 is 2.00 bits per heavy atom. The van der Waals surface area contributed by atoms with E-state index in [1.807, 2.05) is 0 Å². The minimum atomic E-state index is 0.295. The highest BCUT2D eigenvalue weighted by Crippen LogP contribution is 2.07. The van der Waals surface area contributed by atoms with E-state index < -0.39 is 0 Å². The number of allylic oxidation sites excluding steroid dienone is 1. The second kappa shape index (κ2) is 1.98. The predicted molar refractivity (Wildman–Crippen MR) is 40.1 cm³/mol. The van der Waals surface area contributed by atoms with Gasteiger partial charge < -0.3 is 0 Å². The van der Waals surface area contributed by atoms with Gasteiger partial charge in [0.15, 0.2) is 18.3 Å². The Morgan fingerprint density at radius 3 is 2.22 bits per heavy atom. The van der Waals surface area contributed by atoms with E-state index in [1.54, 1.807) is 0 Å². The molecule has 1 heterocycles. The molecular formula is C8H14N+. The van der Waals surface area contributed by atoms with E-state index in [0.29, 0.717) is 5.54 Å². The molecule has 0 aromatic heterocycles. The van der Waals surface area contributed by atoms with Crippen LogP contribution in [0.1, 0.15) is 20.8 Å². The summed E-state index contributed by atoms with van der Waals surface area (Å²) in [5, 5.41) is 0. The number of rotatable bonds is 0. The lowest BCUT2D eigenvalue weighted by molar-refractivity contribution is -0.581. The molecule has 0 fully saturated rings.